The fourth-order valence-corrected chi connectivity index (χ4v) is 5.49. The number of carbonyl (C=O) groups excluding carboxylic acids is 1. The Balaban J connectivity index is 1.62. The normalized spacial score (nSPS) is 16.6. The van der Waals surface area contributed by atoms with Crippen LogP contribution in [0.25, 0.3) is 4.96 Å². The van der Waals surface area contributed by atoms with E-state index in [4.69, 9.17) is 4.74 Å². The average Bonchev–Trinajstić information content (AvgIpc) is 3.42. The molecular weight excluding hydrogens is 398 g/mol. The summed E-state index contributed by atoms with van der Waals surface area (Å²) in [4.78, 5) is 23.2. The van der Waals surface area contributed by atoms with Crippen LogP contribution in [0, 0.1) is 0 Å². The summed E-state index contributed by atoms with van der Waals surface area (Å²) in [5.74, 6) is 0.877. The second-order valence-electron chi connectivity index (χ2n) is 6.51. The molecule has 28 heavy (non-hydrogen) atoms. The molecule has 0 saturated carbocycles. The van der Waals surface area contributed by atoms with E-state index in [2.05, 4.69) is 21.0 Å². The van der Waals surface area contributed by atoms with Crippen molar-refractivity contribution in [1.29, 1.82) is 0 Å². The number of thiophene rings is 1. The molecule has 1 atom stereocenters. The van der Waals surface area contributed by atoms with Gasteiger partial charge in [0, 0.05) is 37.5 Å². The number of aryl methyl sites for hydroxylation is 1. The molecule has 10 heteroatoms. The zero-order valence-electron chi connectivity index (χ0n) is 15.9. The summed E-state index contributed by atoms with van der Waals surface area (Å²) in [5, 5.41) is 17.3. The van der Waals surface area contributed by atoms with E-state index < -0.39 is 0 Å². The first-order chi connectivity index (χ1) is 13.6. The molecule has 0 spiro atoms. The Morgan fingerprint density at radius 2 is 2.11 bits per heavy atom. The topological polar surface area (TPSA) is 83.2 Å². The van der Waals surface area contributed by atoms with E-state index >= 15 is 0 Å². The first-order valence-corrected chi connectivity index (χ1v) is 11.1. The molecule has 8 nitrogen and oxygen atoms in total. The number of rotatable bonds is 5. The molecule has 0 bridgehead atoms. The van der Waals surface area contributed by atoms with Gasteiger partial charge in [0.2, 0.25) is 10.8 Å². The predicted molar refractivity (Wildman–Crippen MR) is 108 cm³/mol. The molecule has 0 aromatic carbocycles. The molecule has 1 fully saturated rings. The van der Waals surface area contributed by atoms with Crippen molar-refractivity contribution in [2.24, 2.45) is 0 Å². The molecule has 0 radical (unpaired) electrons. The predicted octanol–water partition coefficient (Wildman–Crippen LogP) is 2.98. The van der Waals surface area contributed by atoms with E-state index in [1.165, 1.54) is 15.9 Å². The van der Waals surface area contributed by atoms with Gasteiger partial charge in [-0.2, -0.15) is 4.52 Å². The highest BCUT2D eigenvalue weighted by molar-refractivity contribution is 7.17. The summed E-state index contributed by atoms with van der Waals surface area (Å²) in [6.45, 7) is 6.80. The zero-order valence-corrected chi connectivity index (χ0v) is 17.5. The van der Waals surface area contributed by atoms with E-state index in [0.29, 0.717) is 37.7 Å². The van der Waals surface area contributed by atoms with E-state index in [1.807, 2.05) is 25.3 Å². The molecular formula is C18H23N5O3S2. The molecule has 1 aliphatic heterocycles. The Morgan fingerprint density at radius 1 is 1.32 bits per heavy atom. The van der Waals surface area contributed by atoms with Gasteiger partial charge < -0.3 is 14.7 Å². The van der Waals surface area contributed by atoms with E-state index in [0.717, 1.165) is 22.0 Å². The quantitative estimate of drug-likeness (QED) is 0.682. The molecule has 0 unspecified atom stereocenters. The highest BCUT2D eigenvalue weighted by atomic mass is 32.1. The van der Waals surface area contributed by atoms with Crippen molar-refractivity contribution in [3.63, 3.8) is 0 Å². The summed E-state index contributed by atoms with van der Waals surface area (Å²) >= 11 is 3.14. The van der Waals surface area contributed by atoms with E-state index in [9.17, 15) is 9.90 Å². The lowest BCUT2D eigenvalue weighted by Crippen LogP contribution is -2.49. The minimum atomic E-state index is -0.261. The van der Waals surface area contributed by atoms with Crippen LogP contribution in [-0.2, 0) is 11.2 Å². The summed E-state index contributed by atoms with van der Waals surface area (Å²) in [7, 11) is 0. The summed E-state index contributed by atoms with van der Waals surface area (Å²) < 4.78 is 6.65. The Morgan fingerprint density at radius 3 is 2.71 bits per heavy atom. The minimum Gasteiger partial charge on any atom is -0.492 e. The van der Waals surface area contributed by atoms with Gasteiger partial charge in [0.1, 0.15) is 0 Å². The maximum Gasteiger partial charge on any atom is 0.409 e. The van der Waals surface area contributed by atoms with Gasteiger partial charge in [-0.15, -0.1) is 16.4 Å². The number of hydrogen-bond donors (Lipinski definition) is 1. The molecule has 0 aliphatic carbocycles. The number of amides is 1. The lowest BCUT2D eigenvalue weighted by atomic mass is 10.1. The Labute approximate surface area is 171 Å². The van der Waals surface area contributed by atoms with Crippen molar-refractivity contribution in [3.05, 3.63) is 33.1 Å². The lowest BCUT2D eigenvalue weighted by Gasteiger charge is -2.38. The number of hydrogen-bond acceptors (Lipinski definition) is 8. The maximum absolute atomic E-state index is 12.0. The van der Waals surface area contributed by atoms with Crippen molar-refractivity contribution in [3.8, 4) is 5.88 Å². The summed E-state index contributed by atoms with van der Waals surface area (Å²) in [5.41, 5.74) is 0. The highest BCUT2D eigenvalue weighted by Gasteiger charge is 2.33. The van der Waals surface area contributed by atoms with Crippen LogP contribution in [-0.4, -0.2) is 68.4 Å². The minimum absolute atomic E-state index is 0.0806. The number of fused-ring (bicyclic) bond motifs is 1. The standard InChI is InChI=1S/C18H23N5O3S2/c1-3-13-19-17-23(20-13)16(24)15(28-17)14(12-6-5-11-27-12)21-7-9-22(10-8-21)18(25)26-4-2/h5-6,11,14,24H,3-4,7-10H2,1-2H3/t14-/m1/s1. The fourth-order valence-electron chi connectivity index (χ4n) is 3.42. The molecule has 1 amide bonds. The lowest BCUT2D eigenvalue weighted by molar-refractivity contribution is 0.0719. The van der Waals surface area contributed by atoms with Crippen LogP contribution in [0.1, 0.15) is 35.5 Å². The number of aromatic hydroxyl groups is 1. The molecule has 3 aromatic rings. The van der Waals surface area contributed by atoms with Gasteiger partial charge in [0.15, 0.2) is 5.82 Å². The first kappa shape index (κ1) is 19.2. The fraction of sp³-hybridized carbons (Fsp3) is 0.500. The van der Waals surface area contributed by atoms with Crippen molar-refractivity contribution >= 4 is 33.7 Å². The average molecular weight is 422 g/mol. The SMILES string of the molecule is CCOC(=O)N1CCN([C@H](c2cccs2)c2sc3nc(CC)nn3c2O)CC1. The maximum atomic E-state index is 12.0. The molecule has 4 rings (SSSR count). The molecule has 3 aromatic heterocycles. The van der Waals surface area contributed by atoms with Gasteiger partial charge in [-0.3, -0.25) is 4.90 Å². The van der Waals surface area contributed by atoms with Crippen LogP contribution in [0.5, 0.6) is 5.88 Å². The Kier molecular flexibility index (Phi) is 5.51. The third-order valence-corrected chi connectivity index (χ3v) is 6.82. The van der Waals surface area contributed by atoms with Gasteiger partial charge in [0.25, 0.3) is 0 Å². The van der Waals surface area contributed by atoms with Crippen LogP contribution < -0.4 is 0 Å². The van der Waals surface area contributed by atoms with Crippen LogP contribution in [0.4, 0.5) is 4.79 Å². The third-order valence-electron chi connectivity index (χ3n) is 4.83. The smallest absolute Gasteiger partial charge is 0.409 e. The van der Waals surface area contributed by atoms with Crippen molar-refractivity contribution in [1.82, 2.24) is 24.4 Å². The van der Waals surface area contributed by atoms with Crippen molar-refractivity contribution < 1.29 is 14.6 Å². The number of ether oxygens (including phenoxy) is 1. The van der Waals surface area contributed by atoms with Crippen LogP contribution in [0.15, 0.2) is 17.5 Å². The van der Waals surface area contributed by atoms with Gasteiger partial charge >= 0.3 is 6.09 Å². The summed E-state index contributed by atoms with van der Waals surface area (Å²) in [6, 6.07) is 4.02. The van der Waals surface area contributed by atoms with E-state index in [-0.39, 0.29) is 18.0 Å². The van der Waals surface area contributed by atoms with Gasteiger partial charge in [-0.25, -0.2) is 9.78 Å². The highest BCUT2D eigenvalue weighted by Crippen LogP contribution is 2.41. The van der Waals surface area contributed by atoms with Crippen molar-refractivity contribution in [2.45, 2.75) is 26.3 Å². The van der Waals surface area contributed by atoms with Crippen LogP contribution in [0.3, 0.4) is 0 Å². The van der Waals surface area contributed by atoms with Gasteiger partial charge in [-0.1, -0.05) is 24.3 Å². The monoisotopic (exact) mass is 421 g/mol. The van der Waals surface area contributed by atoms with Crippen molar-refractivity contribution in [2.75, 3.05) is 32.8 Å². The second-order valence-corrected chi connectivity index (χ2v) is 8.49. The van der Waals surface area contributed by atoms with Gasteiger partial charge in [-0.05, 0) is 18.4 Å². The number of piperazine rings is 1. The summed E-state index contributed by atoms with van der Waals surface area (Å²) in [6.07, 6.45) is 0.469. The van der Waals surface area contributed by atoms with Crippen LogP contribution >= 0.6 is 22.7 Å². The number of aromatic nitrogens is 3. The third kappa shape index (κ3) is 3.47. The molecule has 150 valence electrons. The number of carbonyl (C=O) groups is 1. The molecule has 1 N–H and O–H groups in total. The second kappa shape index (κ2) is 8.06. The largest absolute Gasteiger partial charge is 0.492 e. The molecule has 4 heterocycles. The van der Waals surface area contributed by atoms with Crippen LogP contribution in [0.2, 0.25) is 0 Å². The van der Waals surface area contributed by atoms with E-state index in [1.54, 1.807) is 16.2 Å². The molecule has 1 aliphatic rings. The van der Waals surface area contributed by atoms with Gasteiger partial charge in [0.05, 0.1) is 17.5 Å². The molecule has 1 saturated heterocycles. The Bertz CT molecular complexity index is 944. The zero-order chi connectivity index (χ0) is 19.7. The number of thiazole rings is 1. The first-order valence-electron chi connectivity index (χ1n) is 9.38. The number of nitrogens with zero attached hydrogens (tertiary/aromatic N) is 5. The Hall–Kier alpha value is -2.17.